The molecule has 0 spiro atoms. The number of aryl methyl sites for hydroxylation is 2. The fourth-order valence-corrected chi connectivity index (χ4v) is 4.13. The third-order valence-corrected chi connectivity index (χ3v) is 4.88. The van der Waals surface area contributed by atoms with Crippen molar-refractivity contribution in [1.82, 2.24) is 0 Å². The Morgan fingerprint density at radius 2 is 1.55 bits per heavy atom. The highest BCUT2D eigenvalue weighted by Crippen LogP contribution is 2.29. The molecule has 1 aromatic heterocycles. The van der Waals surface area contributed by atoms with Gasteiger partial charge in [-0.1, -0.05) is 33.2 Å². The van der Waals surface area contributed by atoms with Crippen LogP contribution in [0.15, 0.2) is 24.4 Å². The van der Waals surface area contributed by atoms with E-state index < -0.39 is 10.2 Å². The Morgan fingerprint density at radius 3 is 2.09 bits per heavy atom. The van der Waals surface area contributed by atoms with Gasteiger partial charge in [0.2, 0.25) is 0 Å². The van der Waals surface area contributed by atoms with Crippen molar-refractivity contribution in [2.24, 2.45) is 0 Å². The number of rotatable bonds is 1. The zero-order chi connectivity index (χ0) is 16.3. The van der Waals surface area contributed by atoms with Gasteiger partial charge in [0, 0.05) is 5.56 Å². The second-order valence-electron chi connectivity index (χ2n) is 4.65. The van der Waals surface area contributed by atoms with Crippen molar-refractivity contribution in [3.63, 3.8) is 0 Å². The lowest BCUT2D eigenvalue weighted by Crippen LogP contribution is -2.68. The molecule has 0 saturated carbocycles. The lowest BCUT2D eigenvalue weighted by atomic mass is 10.0. The fourth-order valence-electron chi connectivity index (χ4n) is 2.24. The first-order valence-electron chi connectivity index (χ1n) is 6.35. The van der Waals surface area contributed by atoms with Gasteiger partial charge in [0.1, 0.15) is 21.6 Å². The van der Waals surface area contributed by atoms with Gasteiger partial charge in [-0.15, -0.1) is 10.2 Å². The average Bonchev–Trinajstić information content (AvgIpc) is 2.79. The first-order valence-corrected chi connectivity index (χ1v) is 9.12. The molecule has 0 radical (unpaired) electrons. The van der Waals surface area contributed by atoms with E-state index in [0.29, 0.717) is 10.0 Å². The van der Waals surface area contributed by atoms with Crippen molar-refractivity contribution in [3.8, 4) is 5.69 Å². The number of aromatic nitrogens is 1. The molecule has 0 saturated heterocycles. The van der Waals surface area contributed by atoms with Gasteiger partial charge in [-0.2, -0.15) is 0 Å². The molecular formula is C13H12Cl3NO4S. The normalized spacial score (nSPS) is 14.1. The van der Waals surface area contributed by atoms with E-state index in [2.05, 4.69) is 10.2 Å². The molecule has 5 nitrogen and oxygen atoms in total. The van der Waals surface area contributed by atoms with E-state index in [9.17, 15) is 0 Å². The van der Waals surface area contributed by atoms with Crippen LogP contribution < -0.4 is 22.6 Å². The molecule has 1 heterocycles. The molecule has 0 N–H and O–H groups in total. The third kappa shape index (κ3) is 5.04. The highest BCUT2D eigenvalue weighted by molar-refractivity contribution is 7.02. The Bertz CT molecular complexity index is 607. The summed E-state index contributed by atoms with van der Waals surface area (Å²) in [5, 5.41) is 1.42. The Kier molecular flexibility index (Phi) is 6.04. The van der Waals surface area contributed by atoms with Gasteiger partial charge in [-0.05, 0) is 37.8 Å². The minimum absolute atomic E-state index is 0.709. The summed E-state index contributed by atoms with van der Waals surface area (Å²) in [5.74, 6) is 0. The molecule has 2 aromatic rings. The highest BCUT2D eigenvalue weighted by atomic mass is 35.7. The maximum absolute atomic E-state index is 8.49. The minimum atomic E-state index is -4.94. The number of para-hydroxylation sites is 1. The summed E-state index contributed by atoms with van der Waals surface area (Å²) in [5.41, 5.74) is 2.37. The molecule has 1 aromatic carbocycles. The Labute approximate surface area is 143 Å². The van der Waals surface area contributed by atoms with Gasteiger partial charge in [0.05, 0.1) is 4.88 Å². The smallest absolute Gasteiger partial charge is 0.222 e. The molecule has 3 rings (SSSR count). The van der Waals surface area contributed by atoms with Crippen molar-refractivity contribution in [3.05, 3.63) is 44.9 Å². The first kappa shape index (κ1) is 17.9. The minimum Gasteiger partial charge on any atom is -0.222 e. The summed E-state index contributed by atoms with van der Waals surface area (Å²) in [6.07, 6.45) is 7.14. The van der Waals surface area contributed by atoms with Crippen molar-refractivity contribution in [2.45, 2.75) is 25.7 Å². The van der Waals surface area contributed by atoms with Crippen LogP contribution in [-0.4, -0.2) is 0 Å². The monoisotopic (exact) mass is 383 g/mol. The maximum Gasteiger partial charge on any atom is 0.261 e. The van der Waals surface area contributed by atoms with Gasteiger partial charge in [0.15, 0.2) is 6.20 Å². The average molecular weight is 385 g/mol. The SMILES string of the molecule is Clc1cccc(Cl)c1-[n+]1cc2c(s1)CCCC2.[O-][Cl+3]([O-])([O-])[O-]. The summed E-state index contributed by atoms with van der Waals surface area (Å²) in [7, 11) is -4.94. The van der Waals surface area contributed by atoms with Gasteiger partial charge < -0.3 is 0 Å². The Balaban J connectivity index is 0.000000309. The Hall–Kier alpha value is -0.440. The van der Waals surface area contributed by atoms with Crippen molar-refractivity contribution < 1.29 is 32.8 Å². The molecule has 1 aliphatic rings. The van der Waals surface area contributed by atoms with Crippen LogP contribution in [0, 0.1) is 10.2 Å². The molecule has 0 bridgehead atoms. The number of nitrogens with zero attached hydrogens (tertiary/aromatic N) is 1. The second-order valence-corrected chi connectivity index (χ2v) is 7.29. The van der Waals surface area contributed by atoms with Crippen LogP contribution >= 0.6 is 34.7 Å². The topological polar surface area (TPSA) is 96.1 Å². The third-order valence-electron chi connectivity index (χ3n) is 3.10. The van der Waals surface area contributed by atoms with E-state index in [0.717, 1.165) is 5.69 Å². The standard InChI is InChI=1S/C13H12Cl2NS.ClHO4/c14-10-5-3-6-11(15)13(10)16-8-9-4-1-2-7-12(9)17-16;2-1(3,4)5/h3,5-6,8H,1-2,4,7H2;(H,2,3,4,5)/q+1;/p-1. The van der Waals surface area contributed by atoms with Crippen LogP contribution in [0.3, 0.4) is 0 Å². The molecule has 120 valence electrons. The number of fused-ring (bicyclic) bond motifs is 1. The fraction of sp³-hybridized carbons (Fsp3) is 0.308. The van der Waals surface area contributed by atoms with Crippen molar-refractivity contribution in [1.29, 1.82) is 0 Å². The van der Waals surface area contributed by atoms with E-state index in [-0.39, 0.29) is 0 Å². The number of hydrogen-bond donors (Lipinski definition) is 0. The van der Waals surface area contributed by atoms with Crippen LogP contribution in [0.5, 0.6) is 0 Å². The summed E-state index contributed by atoms with van der Waals surface area (Å²) in [6, 6.07) is 5.64. The summed E-state index contributed by atoms with van der Waals surface area (Å²) < 4.78 is 36.1. The van der Waals surface area contributed by atoms with Crippen LogP contribution in [0.2, 0.25) is 10.0 Å². The maximum atomic E-state index is 8.49. The zero-order valence-corrected chi connectivity index (χ0v) is 14.3. The number of halogens is 3. The van der Waals surface area contributed by atoms with Crippen LogP contribution in [0.1, 0.15) is 23.3 Å². The van der Waals surface area contributed by atoms with Crippen LogP contribution in [-0.2, 0) is 12.8 Å². The summed E-state index contributed by atoms with van der Waals surface area (Å²) in [4.78, 5) is 1.48. The van der Waals surface area contributed by atoms with Gasteiger partial charge in [-0.3, -0.25) is 0 Å². The van der Waals surface area contributed by atoms with Crippen molar-refractivity contribution >= 4 is 34.7 Å². The molecule has 0 atom stereocenters. The van der Waals surface area contributed by atoms with E-state index in [1.165, 1.54) is 36.1 Å². The highest BCUT2D eigenvalue weighted by Gasteiger charge is 2.24. The molecule has 9 heteroatoms. The van der Waals surface area contributed by atoms with E-state index in [1.54, 1.807) is 11.5 Å². The Morgan fingerprint density at radius 1 is 1.00 bits per heavy atom. The molecule has 0 amide bonds. The van der Waals surface area contributed by atoms with Gasteiger partial charge in [-0.25, -0.2) is 18.6 Å². The van der Waals surface area contributed by atoms with E-state index in [1.807, 2.05) is 18.2 Å². The lowest BCUT2D eigenvalue weighted by molar-refractivity contribution is -2.00. The number of hydrogen-bond acceptors (Lipinski definition) is 5. The predicted octanol–water partition coefficient (Wildman–Crippen LogP) is -0.546. The quantitative estimate of drug-likeness (QED) is 0.617. The van der Waals surface area contributed by atoms with Crippen LogP contribution in [0.25, 0.3) is 5.69 Å². The second kappa shape index (κ2) is 7.42. The van der Waals surface area contributed by atoms with Crippen LogP contribution in [0.4, 0.5) is 0 Å². The zero-order valence-electron chi connectivity index (χ0n) is 11.3. The van der Waals surface area contributed by atoms with Gasteiger partial charge >= 0.3 is 0 Å². The molecule has 0 aliphatic heterocycles. The largest absolute Gasteiger partial charge is 0.261 e. The summed E-state index contributed by atoms with van der Waals surface area (Å²) in [6.45, 7) is 0. The first-order chi connectivity index (χ1) is 10.3. The molecular weight excluding hydrogens is 373 g/mol. The molecule has 1 aliphatic carbocycles. The molecule has 0 unspecified atom stereocenters. The van der Waals surface area contributed by atoms with Gasteiger partial charge in [0.25, 0.3) is 5.69 Å². The predicted molar refractivity (Wildman–Crippen MR) is 72.5 cm³/mol. The molecule has 0 fully saturated rings. The van der Waals surface area contributed by atoms with Crippen molar-refractivity contribution in [2.75, 3.05) is 0 Å². The summed E-state index contributed by atoms with van der Waals surface area (Å²) >= 11 is 14.2. The van der Waals surface area contributed by atoms with E-state index in [4.69, 9.17) is 41.8 Å². The van der Waals surface area contributed by atoms with E-state index >= 15 is 0 Å². The lowest BCUT2D eigenvalue weighted by Gasteiger charge is -2.17. The molecule has 22 heavy (non-hydrogen) atoms. The number of benzene rings is 1.